The Morgan fingerprint density at radius 3 is 2.71 bits per heavy atom. The van der Waals surface area contributed by atoms with Gasteiger partial charge < -0.3 is 15.2 Å². The van der Waals surface area contributed by atoms with Crippen LogP contribution in [-0.4, -0.2) is 50.3 Å². The predicted molar refractivity (Wildman–Crippen MR) is 82.2 cm³/mol. The molecule has 1 saturated heterocycles. The molecule has 1 fully saturated rings. The van der Waals surface area contributed by atoms with Gasteiger partial charge in [0.05, 0.1) is 30.8 Å². The summed E-state index contributed by atoms with van der Waals surface area (Å²) in [6.45, 7) is 0.946. The lowest BCUT2D eigenvalue weighted by Crippen LogP contribution is -2.38. The van der Waals surface area contributed by atoms with Crippen LogP contribution in [0.2, 0.25) is 5.02 Å². The first kappa shape index (κ1) is 16.7. The van der Waals surface area contributed by atoms with Gasteiger partial charge in [0.25, 0.3) is 0 Å². The second-order valence-corrected chi connectivity index (χ2v) is 7.97. The molecule has 1 aliphatic heterocycles. The second-order valence-electron chi connectivity index (χ2n) is 5.30. The maximum atomic E-state index is 11.3. The van der Waals surface area contributed by atoms with Crippen molar-refractivity contribution < 1.29 is 18.3 Å². The van der Waals surface area contributed by atoms with Gasteiger partial charge in [0.15, 0.2) is 9.84 Å². The van der Waals surface area contributed by atoms with E-state index in [1.165, 1.54) is 0 Å². The monoisotopic (exact) mass is 333 g/mol. The molecule has 2 N–H and O–H groups in total. The summed E-state index contributed by atoms with van der Waals surface area (Å²) < 4.78 is 28.0. The van der Waals surface area contributed by atoms with Gasteiger partial charge >= 0.3 is 0 Å². The van der Waals surface area contributed by atoms with Crippen LogP contribution in [0.15, 0.2) is 24.3 Å². The number of rotatable bonds is 7. The van der Waals surface area contributed by atoms with Gasteiger partial charge in [0.2, 0.25) is 0 Å². The molecular weight excluding hydrogens is 314 g/mol. The van der Waals surface area contributed by atoms with E-state index in [0.29, 0.717) is 24.6 Å². The Hall–Kier alpha value is -0.660. The average Bonchev–Trinajstić information content (AvgIpc) is 2.78. The van der Waals surface area contributed by atoms with Crippen molar-refractivity contribution in [2.75, 3.05) is 24.7 Å². The molecule has 5 nitrogen and oxygen atoms in total. The molecule has 2 atom stereocenters. The van der Waals surface area contributed by atoms with Crippen LogP contribution in [0.3, 0.4) is 0 Å². The van der Waals surface area contributed by atoms with Crippen molar-refractivity contribution in [1.29, 1.82) is 0 Å². The third-order valence-electron chi connectivity index (χ3n) is 3.37. The molecule has 1 aliphatic rings. The van der Waals surface area contributed by atoms with Crippen LogP contribution in [0.5, 0.6) is 0 Å². The summed E-state index contributed by atoms with van der Waals surface area (Å²) in [5.41, 5.74) is 0.987. The third kappa shape index (κ3) is 5.92. The Kier molecular flexibility index (Phi) is 6.01. The highest BCUT2D eigenvalue weighted by Crippen LogP contribution is 2.12. The van der Waals surface area contributed by atoms with Crippen molar-refractivity contribution in [3.05, 3.63) is 34.9 Å². The van der Waals surface area contributed by atoms with E-state index in [9.17, 15) is 13.5 Å². The Bertz CT molecular complexity index is 547. The fourth-order valence-electron chi connectivity index (χ4n) is 2.21. The van der Waals surface area contributed by atoms with Crippen LogP contribution in [0.1, 0.15) is 12.0 Å². The first-order valence-electron chi connectivity index (χ1n) is 6.89. The molecule has 0 saturated carbocycles. The maximum absolute atomic E-state index is 11.3. The minimum Gasteiger partial charge on any atom is -0.389 e. The summed E-state index contributed by atoms with van der Waals surface area (Å²) in [4.78, 5) is 0. The summed E-state index contributed by atoms with van der Waals surface area (Å²) in [5, 5.41) is 13.5. The van der Waals surface area contributed by atoms with Crippen molar-refractivity contribution in [3.8, 4) is 0 Å². The van der Waals surface area contributed by atoms with Gasteiger partial charge in [-0.15, -0.1) is 0 Å². The Labute approximate surface area is 130 Å². The van der Waals surface area contributed by atoms with Crippen molar-refractivity contribution in [1.82, 2.24) is 5.32 Å². The minimum atomic E-state index is -2.89. The number of sulfone groups is 1. The fourth-order valence-corrected chi connectivity index (χ4v) is 4.04. The van der Waals surface area contributed by atoms with E-state index in [0.717, 1.165) is 5.56 Å². The zero-order valence-electron chi connectivity index (χ0n) is 11.7. The average molecular weight is 334 g/mol. The first-order valence-corrected chi connectivity index (χ1v) is 9.08. The maximum Gasteiger partial charge on any atom is 0.151 e. The van der Waals surface area contributed by atoms with Crippen LogP contribution in [0.4, 0.5) is 0 Å². The van der Waals surface area contributed by atoms with Crippen LogP contribution in [-0.2, 0) is 21.2 Å². The summed E-state index contributed by atoms with van der Waals surface area (Å²) in [5.74, 6) is 0.388. The van der Waals surface area contributed by atoms with Crippen LogP contribution in [0.25, 0.3) is 0 Å². The van der Waals surface area contributed by atoms with E-state index in [-0.39, 0.29) is 24.2 Å². The van der Waals surface area contributed by atoms with Crippen molar-refractivity contribution in [2.24, 2.45) is 0 Å². The van der Waals surface area contributed by atoms with Gasteiger partial charge in [-0.3, -0.25) is 0 Å². The van der Waals surface area contributed by atoms with Crippen LogP contribution >= 0.6 is 11.6 Å². The third-order valence-corrected chi connectivity index (χ3v) is 5.39. The lowest BCUT2D eigenvalue weighted by Gasteiger charge is -2.15. The molecule has 7 heteroatoms. The van der Waals surface area contributed by atoms with E-state index >= 15 is 0 Å². The number of hydrogen-bond donors (Lipinski definition) is 2. The van der Waals surface area contributed by atoms with Crippen molar-refractivity contribution >= 4 is 21.4 Å². The molecule has 118 valence electrons. The molecule has 2 unspecified atom stereocenters. The normalized spacial score (nSPS) is 22.3. The Balaban J connectivity index is 1.61. The van der Waals surface area contributed by atoms with Crippen LogP contribution < -0.4 is 5.32 Å². The molecule has 0 amide bonds. The van der Waals surface area contributed by atoms with Gasteiger partial charge in [0, 0.05) is 17.6 Å². The molecule has 1 heterocycles. The number of ether oxygens (including phenoxy) is 1. The predicted octanol–water partition coefficient (Wildman–Crippen LogP) is 0.994. The topological polar surface area (TPSA) is 75.6 Å². The first-order chi connectivity index (χ1) is 9.94. The van der Waals surface area contributed by atoms with E-state index in [1.54, 1.807) is 12.1 Å². The molecule has 21 heavy (non-hydrogen) atoms. The summed E-state index contributed by atoms with van der Waals surface area (Å²) in [6, 6.07) is 7.27. The van der Waals surface area contributed by atoms with Gasteiger partial charge in [0.1, 0.15) is 0 Å². The largest absolute Gasteiger partial charge is 0.389 e. The zero-order chi connectivity index (χ0) is 15.3. The molecule has 0 radical (unpaired) electrons. The minimum absolute atomic E-state index is 0.0547. The SMILES string of the molecule is O=S1(=O)CCC(NCC(O)COCc2ccc(Cl)cc2)C1. The highest BCUT2D eigenvalue weighted by molar-refractivity contribution is 7.91. The van der Waals surface area contributed by atoms with Crippen molar-refractivity contribution in [3.63, 3.8) is 0 Å². The van der Waals surface area contributed by atoms with Crippen LogP contribution in [0, 0.1) is 0 Å². The number of hydrogen-bond acceptors (Lipinski definition) is 5. The van der Waals surface area contributed by atoms with E-state index < -0.39 is 15.9 Å². The van der Waals surface area contributed by atoms with Gasteiger partial charge in [-0.2, -0.15) is 0 Å². The summed E-state index contributed by atoms with van der Waals surface area (Å²) in [7, 11) is -2.89. The summed E-state index contributed by atoms with van der Waals surface area (Å²) in [6.07, 6.45) is -0.0404. The lowest BCUT2D eigenvalue weighted by molar-refractivity contribution is 0.0279. The highest BCUT2D eigenvalue weighted by Gasteiger charge is 2.27. The van der Waals surface area contributed by atoms with Gasteiger partial charge in [-0.05, 0) is 24.1 Å². The molecular formula is C14H20ClNO4S. The second kappa shape index (κ2) is 7.56. The molecule has 0 aliphatic carbocycles. The molecule has 0 bridgehead atoms. The van der Waals surface area contributed by atoms with E-state index in [4.69, 9.17) is 16.3 Å². The fraction of sp³-hybridized carbons (Fsp3) is 0.571. The molecule has 0 aromatic heterocycles. The van der Waals surface area contributed by atoms with Gasteiger partial charge in [-0.25, -0.2) is 8.42 Å². The van der Waals surface area contributed by atoms with Crippen molar-refractivity contribution in [2.45, 2.75) is 25.2 Å². The molecule has 0 spiro atoms. The standard InChI is InChI=1S/C14H20ClNO4S/c15-12-3-1-11(2-4-12)8-20-9-14(17)7-16-13-5-6-21(18,19)10-13/h1-4,13-14,16-17H,5-10H2. The van der Waals surface area contributed by atoms with Gasteiger partial charge in [-0.1, -0.05) is 23.7 Å². The molecule has 1 aromatic carbocycles. The summed E-state index contributed by atoms with van der Waals surface area (Å²) >= 11 is 5.79. The number of aliphatic hydroxyl groups excluding tert-OH is 1. The zero-order valence-corrected chi connectivity index (χ0v) is 13.2. The Morgan fingerprint density at radius 2 is 2.10 bits per heavy atom. The number of benzene rings is 1. The Morgan fingerprint density at radius 1 is 1.38 bits per heavy atom. The number of halogens is 1. The smallest absolute Gasteiger partial charge is 0.151 e. The van der Waals surface area contributed by atoms with E-state index in [1.807, 2.05) is 12.1 Å². The quantitative estimate of drug-likeness (QED) is 0.778. The molecule has 1 aromatic rings. The van der Waals surface area contributed by atoms with E-state index in [2.05, 4.69) is 5.32 Å². The number of nitrogens with one attached hydrogen (secondary N) is 1. The highest BCUT2D eigenvalue weighted by atomic mass is 35.5. The lowest BCUT2D eigenvalue weighted by atomic mass is 10.2. The molecule has 2 rings (SSSR count). The number of aliphatic hydroxyl groups is 1.